The van der Waals surface area contributed by atoms with Gasteiger partial charge in [-0.3, -0.25) is 9.48 Å². The molecule has 0 spiro atoms. The summed E-state index contributed by atoms with van der Waals surface area (Å²) in [7, 11) is 0. The summed E-state index contributed by atoms with van der Waals surface area (Å²) in [5.74, 6) is 0.796. The molecule has 22 heavy (non-hydrogen) atoms. The summed E-state index contributed by atoms with van der Waals surface area (Å²) in [5.41, 5.74) is 1.18. The topological polar surface area (TPSA) is 38.1 Å². The first-order valence-corrected chi connectivity index (χ1v) is 8.00. The van der Waals surface area contributed by atoms with E-state index in [1.54, 1.807) is 10.9 Å². The fraction of sp³-hybridized carbons (Fsp3) is 0.444. The Kier molecular flexibility index (Phi) is 4.27. The smallest absolute Gasteiger partial charge is 0.247 e. The molecule has 0 saturated heterocycles. The summed E-state index contributed by atoms with van der Waals surface area (Å²) >= 11 is 0. The van der Waals surface area contributed by atoms with Gasteiger partial charge in [0, 0.05) is 25.0 Å². The maximum absolute atomic E-state index is 13.0. The molecular weight excluding hydrogens is 274 g/mol. The Labute approximate surface area is 131 Å². The quantitative estimate of drug-likeness (QED) is 0.820. The number of amides is 1. The lowest BCUT2D eigenvalue weighted by atomic mass is 10.1. The van der Waals surface area contributed by atoms with E-state index in [-0.39, 0.29) is 18.0 Å². The second-order valence-corrected chi connectivity index (χ2v) is 6.19. The van der Waals surface area contributed by atoms with E-state index in [1.807, 2.05) is 42.3 Å². The molecule has 2 aromatic rings. The Morgan fingerprint density at radius 2 is 2.00 bits per heavy atom. The maximum Gasteiger partial charge on any atom is 0.247 e. The predicted molar refractivity (Wildman–Crippen MR) is 86.1 cm³/mol. The summed E-state index contributed by atoms with van der Waals surface area (Å²) in [4.78, 5) is 15.0. The minimum Gasteiger partial charge on any atom is -0.334 e. The average Bonchev–Trinajstić information content (AvgIpc) is 3.26. The zero-order valence-electron chi connectivity index (χ0n) is 13.2. The normalized spacial score (nSPS) is 17.0. The van der Waals surface area contributed by atoms with Crippen LogP contribution in [0.1, 0.15) is 38.3 Å². The van der Waals surface area contributed by atoms with Gasteiger partial charge in [-0.15, -0.1) is 0 Å². The highest BCUT2D eigenvalue weighted by molar-refractivity contribution is 5.80. The van der Waals surface area contributed by atoms with E-state index in [4.69, 9.17) is 0 Å². The second-order valence-electron chi connectivity index (χ2n) is 6.19. The van der Waals surface area contributed by atoms with Crippen molar-refractivity contribution in [3.8, 4) is 0 Å². The summed E-state index contributed by atoms with van der Waals surface area (Å²) < 4.78 is 1.74. The third-order valence-corrected chi connectivity index (χ3v) is 4.55. The largest absolute Gasteiger partial charge is 0.334 e. The predicted octanol–water partition coefficient (Wildman–Crippen LogP) is 3.27. The van der Waals surface area contributed by atoms with Gasteiger partial charge in [-0.25, -0.2) is 0 Å². The first-order valence-electron chi connectivity index (χ1n) is 8.00. The van der Waals surface area contributed by atoms with Crippen molar-refractivity contribution < 1.29 is 4.79 Å². The van der Waals surface area contributed by atoms with Gasteiger partial charge in [0.2, 0.25) is 5.91 Å². The number of carbonyl (C=O) groups is 1. The molecule has 1 aliphatic carbocycles. The summed E-state index contributed by atoms with van der Waals surface area (Å²) in [6, 6.07) is 12.1. The van der Waals surface area contributed by atoms with Crippen molar-refractivity contribution in [2.75, 3.05) is 0 Å². The fourth-order valence-corrected chi connectivity index (χ4v) is 2.90. The van der Waals surface area contributed by atoms with Gasteiger partial charge in [-0.2, -0.15) is 5.10 Å². The van der Waals surface area contributed by atoms with Gasteiger partial charge in [0.1, 0.15) is 6.04 Å². The third kappa shape index (κ3) is 3.21. The van der Waals surface area contributed by atoms with Crippen molar-refractivity contribution >= 4 is 5.91 Å². The molecule has 4 heteroatoms. The molecule has 0 bridgehead atoms. The van der Waals surface area contributed by atoms with Crippen LogP contribution in [0.2, 0.25) is 0 Å². The van der Waals surface area contributed by atoms with Crippen LogP contribution in [0.15, 0.2) is 48.8 Å². The first kappa shape index (κ1) is 14.8. The summed E-state index contributed by atoms with van der Waals surface area (Å²) in [5, 5.41) is 4.22. The van der Waals surface area contributed by atoms with Crippen LogP contribution in [-0.4, -0.2) is 26.6 Å². The molecule has 3 rings (SSSR count). The molecule has 4 nitrogen and oxygen atoms in total. The Balaban J connectivity index is 1.79. The highest BCUT2D eigenvalue weighted by Crippen LogP contribution is 2.36. The van der Waals surface area contributed by atoms with Gasteiger partial charge >= 0.3 is 0 Å². The Morgan fingerprint density at radius 1 is 1.27 bits per heavy atom. The molecule has 1 saturated carbocycles. The molecule has 1 amide bonds. The zero-order valence-corrected chi connectivity index (χ0v) is 13.2. The van der Waals surface area contributed by atoms with E-state index in [0.29, 0.717) is 12.5 Å². The zero-order chi connectivity index (χ0) is 15.5. The van der Waals surface area contributed by atoms with Crippen LogP contribution in [0.3, 0.4) is 0 Å². The van der Waals surface area contributed by atoms with Gasteiger partial charge in [-0.05, 0) is 44.2 Å². The lowest BCUT2D eigenvalue weighted by Gasteiger charge is -2.32. The molecule has 1 fully saturated rings. The number of aromatic nitrogens is 2. The van der Waals surface area contributed by atoms with Crippen molar-refractivity contribution in [1.29, 1.82) is 0 Å². The van der Waals surface area contributed by atoms with E-state index in [0.717, 1.165) is 0 Å². The van der Waals surface area contributed by atoms with Crippen molar-refractivity contribution in [3.63, 3.8) is 0 Å². The number of benzene rings is 1. The molecule has 1 aromatic carbocycles. The summed E-state index contributed by atoms with van der Waals surface area (Å²) in [6.45, 7) is 4.77. The molecule has 0 N–H and O–H groups in total. The number of rotatable bonds is 6. The lowest BCUT2D eigenvalue weighted by Crippen LogP contribution is -2.42. The van der Waals surface area contributed by atoms with Crippen LogP contribution < -0.4 is 0 Å². The van der Waals surface area contributed by atoms with Gasteiger partial charge in [0.25, 0.3) is 0 Å². The standard InChI is InChI=1S/C18H23N3O/c1-14(17-9-10-17)20(13-16-7-4-3-5-8-16)18(22)15(2)21-12-6-11-19-21/h3-8,11-12,14-15,17H,9-10,13H2,1-2H3. The molecule has 1 aliphatic rings. The third-order valence-electron chi connectivity index (χ3n) is 4.55. The number of hydrogen-bond donors (Lipinski definition) is 0. The minimum absolute atomic E-state index is 0.145. The highest BCUT2D eigenvalue weighted by atomic mass is 16.2. The Hall–Kier alpha value is -2.10. The van der Waals surface area contributed by atoms with Gasteiger partial charge in [-0.1, -0.05) is 30.3 Å². The van der Waals surface area contributed by atoms with Crippen LogP contribution in [0.5, 0.6) is 0 Å². The molecule has 0 radical (unpaired) electrons. The van der Waals surface area contributed by atoms with Crippen LogP contribution in [-0.2, 0) is 11.3 Å². The minimum atomic E-state index is -0.264. The molecular formula is C18H23N3O. The molecule has 0 aliphatic heterocycles. The van der Waals surface area contributed by atoms with Crippen LogP contribution in [0, 0.1) is 5.92 Å². The molecule has 1 aromatic heterocycles. The Bertz CT molecular complexity index is 605. The van der Waals surface area contributed by atoms with Crippen LogP contribution >= 0.6 is 0 Å². The van der Waals surface area contributed by atoms with Crippen molar-refractivity contribution in [2.45, 2.75) is 45.3 Å². The van der Waals surface area contributed by atoms with E-state index in [2.05, 4.69) is 24.2 Å². The second kappa shape index (κ2) is 6.34. The number of hydrogen-bond acceptors (Lipinski definition) is 2. The molecule has 1 heterocycles. The fourth-order valence-electron chi connectivity index (χ4n) is 2.90. The van der Waals surface area contributed by atoms with Gasteiger partial charge < -0.3 is 4.90 Å². The molecule has 2 atom stereocenters. The van der Waals surface area contributed by atoms with E-state index in [9.17, 15) is 4.79 Å². The highest BCUT2D eigenvalue weighted by Gasteiger charge is 2.36. The van der Waals surface area contributed by atoms with E-state index < -0.39 is 0 Å². The number of carbonyl (C=O) groups excluding carboxylic acids is 1. The maximum atomic E-state index is 13.0. The van der Waals surface area contributed by atoms with Gasteiger partial charge in [0.15, 0.2) is 0 Å². The lowest BCUT2D eigenvalue weighted by molar-refractivity contribution is -0.137. The van der Waals surface area contributed by atoms with Crippen molar-refractivity contribution in [3.05, 3.63) is 54.4 Å². The van der Waals surface area contributed by atoms with Crippen molar-refractivity contribution in [1.82, 2.24) is 14.7 Å². The number of nitrogens with zero attached hydrogens (tertiary/aromatic N) is 3. The first-order chi connectivity index (χ1) is 10.7. The van der Waals surface area contributed by atoms with E-state index in [1.165, 1.54) is 18.4 Å². The summed E-state index contributed by atoms with van der Waals surface area (Å²) in [6.07, 6.45) is 6.03. The van der Waals surface area contributed by atoms with Crippen LogP contribution in [0.4, 0.5) is 0 Å². The molecule has 2 unspecified atom stereocenters. The van der Waals surface area contributed by atoms with Gasteiger partial charge in [0.05, 0.1) is 0 Å². The monoisotopic (exact) mass is 297 g/mol. The van der Waals surface area contributed by atoms with Crippen molar-refractivity contribution in [2.24, 2.45) is 5.92 Å². The SMILES string of the molecule is CC(C1CC1)N(Cc1ccccc1)C(=O)C(C)n1cccn1. The van der Waals surface area contributed by atoms with E-state index >= 15 is 0 Å². The average molecular weight is 297 g/mol. The van der Waals surface area contributed by atoms with Crippen LogP contribution in [0.25, 0.3) is 0 Å². The molecule has 116 valence electrons. The Morgan fingerprint density at radius 3 is 2.59 bits per heavy atom.